The van der Waals surface area contributed by atoms with Crippen LogP contribution in [0.3, 0.4) is 0 Å². The molecule has 3 atom stereocenters. The van der Waals surface area contributed by atoms with E-state index in [1.165, 1.54) is 18.1 Å². The summed E-state index contributed by atoms with van der Waals surface area (Å²) in [5, 5.41) is 0. The third-order valence-corrected chi connectivity index (χ3v) is 5.80. The van der Waals surface area contributed by atoms with Crippen molar-refractivity contribution in [2.75, 3.05) is 13.2 Å². The highest BCUT2D eigenvalue weighted by atomic mass is 16.6. The molecule has 0 saturated carbocycles. The minimum absolute atomic E-state index is 0.0890. The van der Waals surface area contributed by atoms with Crippen molar-refractivity contribution in [1.82, 2.24) is 0 Å². The summed E-state index contributed by atoms with van der Waals surface area (Å²) in [4.78, 5) is 22.7. The highest BCUT2D eigenvalue weighted by Gasteiger charge is 2.44. The van der Waals surface area contributed by atoms with Crippen molar-refractivity contribution in [2.45, 2.75) is 71.2 Å². The molecule has 6 nitrogen and oxygen atoms in total. The molecule has 0 amide bonds. The Morgan fingerprint density at radius 3 is 2.00 bits per heavy atom. The molecule has 1 unspecified atom stereocenters. The minimum Gasteiger partial charge on any atom is -0.453 e. The average Bonchev–Trinajstić information content (AvgIpc) is 3.39. The molecule has 0 aromatic heterocycles. The van der Waals surface area contributed by atoms with E-state index in [1.807, 2.05) is 48.5 Å². The van der Waals surface area contributed by atoms with E-state index in [4.69, 9.17) is 18.9 Å². The van der Waals surface area contributed by atoms with Crippen LogP contribution in [0, 0.1) is 0 Å². The number of benzene rings is 2. The van der Waals surface area contributed by atoms with Gasteiger partial charge >= 0.3 is 11.9 Å². The normalized spacial score (nSPS) is 21.4. The lowest BCUT2D eigenvalue weighted by Crippen LogP contribution is -2.32. The lowest BCUT2D eigenvalue weighted by molar-refractivity contribution is -0.131. The van der Waals surface area contributed by atoms with E-state index in [0.29, 0.717) is 36.4 Å². The maximum Gasteiger partial charge on any atom is 0.338 e. The zero-order valence-electron chi connectivity index (χ0n) is 20.1. The first-order valence-corrected chi connectivity index (χ1v) is 11.6. The van der Waals surface area contributed by atoms with Crippen molar-refractivity contribution < 1.29 is 28.5 Å². The Morgan fingerprint density at radius 1 is 0.879 bits per heavy atom. The summed E-state index contributed by atoms with van der Waals surface area (Å²) >= 11 is 0. The Morgan fingerprint density at radius 2 is 1.45 bits per heavy atom. The topological polar surface area (TPSA) is 71.1 Å². The Balaban J connectivity index is 0.000000205. The molecule has 2 fully saturated rings. The van der Waals surface area contributed by atoms with Gasteiger partial charge in [-0.05, 0) is 53.6 Å². The van der Waals surface area contributed by atoms with Gasteiger partial charge in [-0.3, -0.25) is 4.79 Å². The van der Waals surface area contributed by atoms with Crippen LogP contribution >= 0.6 is 0 Å². The van der Waals surface area contributed by atoms with Gasteiger partial charge in [0.05, 0.1) is 18.3 Å². The lowest BCUT2D eigenvalue weighted by atomic mass is 10.0. The van der Waals surface area contributed by atoms with E-state index in [2.05, 4.69) is 27.7 Å². The number of carbonyl (C=O) groups excluding carboxylic acids is 2. The predicted octanol–water partition coefficient (Wildman–Crippen LogP) is 5.26. The number of esters is 2. The average molecular weight is 455 g/mol. The molecule has 6 heteroatoms. The van der Waals surface area contributed by atoms with Crippen LogP contribution in [0.2, 0.25) is 0 Å². The van der Waals surface area contributed by atoms with Crippen molar-refractivity contribution >= 4 is 11.9 Å². The number of ether oxygens (including phenoxy) is 4. The van der Waals surface area contributed by atoms with Gasteiger partial charge in [-0.2, -0.15) is 0 Å². The zero-order valence-corrected chi connectivity index (χ0v) is 20.1. The summed E-state index contributed by atoms with van der Waals surface area (Å²) in [6.07, 6.45) is 0.617. The fraction of sp³-hybridized carbons (Fsp3) is 0.481. The van der Waals surface area contributed by atoms with Crippen molar-refractivity contribution in [1.29, 1.82) is 0 Å². The molecule has 2 aliphatic heterocycles. The molecular weight excluding hydrogens is 420 g/mol. The first-order chi connectivity index (χ1) is 15.7. The molecular formula is C27H34O6. The Hall–Kier alpha value is -2.70. The van der Waals surface area contributed by atoms with E-state index < -0.39 is 0 Å². The molecule has 2 heterocycles. The van der Waals surface area contributed by atoms with Crippen molar-refractivity contribution in [3.8, 4) is 5.75 Å². The molecule has 33 heavy (non-hydrogen) atoms. The number of hydrogen-bond acceptors (Lipinski definition) is 6. The van der Waals surface area contributed by atoms with E-state index in [1.54, 1.807) is 0 Å². The van der Waals surface area contributed by atoms with Gasteiger partial charge in [-0.15, -0.1) is 0 Å². The molecule has 2 aliphatic rings. The van der Waals surface area contributed by atoms with E-state index >= 15 is 0 Å². The zero-order chi connectivity index (χ0) is 24.0. The van der Waals surface area contributed by atoms with Crippen LogP contribution in [0.4, 0.5) is 0 Å². The molecule has 0 radical (unpaired) electrons. The van der Waals surface area contributed by atoms with E-state index in [0.717, 1.165) is 6.42 Å². The van der Waals surface area contributed by atoms with Gasteiger partial charge in [0.2, 0.25) is 0 Å². The molecule has 2 aromatic rings. The van der Waals surface area contributed by atoms with E-state index in [-0.39, 0.29) is 30.3 Å². The molecule has 4 rings (SSSR count). The van der Waals surface area contributed by atoms with Gasteiger partial charge in [-0.25, -0.2) is 4.79 Å². The van der Waals surface area contributed by atoms with Gasteiger partial charge < -0.3 is 18.9 Å². The maximum atomic E-state index is 12.1. The fourth-order valence-corrected chi connectivity index (χ4v) is 3.83. The molecule has 2 saturated heterocycles. The Labute approximate surface area is 196 Å². The molecule has 0 N–H and O–H groups in total. The fourth-order valence-electron chi connectivity index (χ4n) is 3.83. The maximum absolute atomic E-state index is 12.1. The molecule has 0 aliphatic carbocycles. The quantitative estimate of drug-likeness (QED) is 0.453. The molecule has 2 aromatic carbocycles. The number of rotatable bonds is 5. The molecule has 0 spiro atoms. The predicted molar refractivity (Wildman–Crippen MR) is 126 cm³/mol. The first kappa shape index (κ1) is 24.9. The second kappa shape index (κ2) is 11.4. The summed E-state index contributed by atoms with van der Waals surface area (Å²) in [5.41, 5.74) is 3.04. The number of fused-ring (bicyclic) bond motifs is 1. The van der Waals surface area contributed by atoms with Crippen LogP contribution in [0.15, 0.2) is 48.5 Å². The summed E-state index contributed by atoms with van der Waals surface area (Å²) in [6, 6.07) is 15.2. The highest BCUT2D eigenvalue weighted by molar-refractivity contribution is 5.89. The molecule has 0 bridgehead atoms. The van der Waals surface area contributed by atoms with Crippen LogP contribution in [-0.4, -0.2) is 43.5 Å². The highest BCUT2D eigenvalue weighted by Crippen LogP contribution is 2.29. The second-order valence-electron chi connectivity index (χ2n) is 9.03. The third-order valence-electron chi connectivity index (χ3n) is 5.80. The largest absolute Gasteiger partial charge is 0.453 e. The number of carbonyl (C=O) groups is 2. The van der Waals surface area contributed by atoms with Gasteiger partial charge in [0, 0.05) is 13.5 Å². The van der Waals surface area contributed by atoms with Crippen molar-refractivity contribution in [3.05, 3.63) is 65.2 Å². The van der Waals surface area contributed by atoms with Crippen LogP contribution in [-0.2, 0) is 19.0 Å². The summed E-state index contributed by atoms with van der Waals surface area (Å²) in [5.74, 6) is 0.988. The van der Waals surface area contributed by atoms with Gasteiger partial charge in [0.1, 0.15) is 11.9 Å². The first-order valence-electron chi connectivity index (χ1n) is 11.6. The smallest absolute Gasteiger partial charge is 0.338 e. The second-order valence-corrected chi connectivity index (χ2v) is 9.03. The van der Waals surface area contributed by atoms with Crippen LogP contribution < -0.4 is 4.74 Å². The van der Waals surface area contributed by atoms with Crippen molar-refractivity contribution in [2.24, 2.45) is 0 Å². The Kier molecular flexibility index (Phi) is 8.64. The van der Waals surface area contributed by atoms with Gasteiger partial charge in [0.15, 0.2) is 6.10 Å². The summed E-state index contributed by atoms with van der Waals surface area (Å²) < 4.78 is 21.6. The molecule has 178 valence electrons. The number of hydrogen-bond donors (Lipinski definition) is 0. The Bertz CT molecular complexity index is 917. The summed E-state index contributed by atoms with van der Waals surface area (Å²) in [7, 11) is 0. The minimum atomic E-state index is -0.301. The van der Waals surface area contributed by atoms with E-state index in [9.17, 15) is 9.59 Å². The lowest BCUT2D eigenvalue weighted by Gasteiger charge is -2.16. The van der Waals surface area contributed by atoms with Crippen LogP contribution in [0.5, 0.6) is 5.75 Å². The van der Waals surface area contributed by atoms with Crippen LogP contribution in [0.25, 0.3) is 0 Å². The SMILES string of the molecule is CC(=O)Oc1ccc(C(C)C)cc1.CC(C)c1ccc(C(=O)OC2CO[C@@H]3CCO[C@H]23)cc1. The third kappa shape index (κ3) is 6.89. The summed E-state index contributed by atoms with van der Waals surface area (Å²) in [6.45, 7) is 11.0. The van der Waals surface area contributed by atoms with Gasteiger partial charge in [0.25, 0.3) is 0 Å². The van der Waals surface area contributed by atoms with Crippen LogP contribution in [0.1, 0.15) is 74.4 Å². The van der Waals surface area contributed by atoms with Crippen molar-refractivity contribution in [3.63, 3.8) is 0 Å². The monoisotopic (exact) mass is 454 g/mol. The van der Waals surface area contributed by atoms with Gasteiger partial charge in [-0.1, -0.05) is 52.0 Å². The standard InChI is InChI=1S/C16H20O4.C11H14O2/c1-10(2)11-3-5-12(6-4-11)16(17)20-14-9-19-13-7-8-18-15(13)14;1-8(2)10-4-6-11(7-5-10)13-9(3)12/h3-6,10,13-15H,7-9H2,1-2H3;4-8H,1-3H3/t13-,14?,15+;/m1./s1.